The maximum Gasteiger partial charge on any atom is 0.128 e. The highest BCUT2D eigenvalue weighted by Gasteiger charge is 2.24. The minimum atomic E-state index is 0.362. The first-order valence-corrected chi connectivity index (χ1v) is 6.73. The van der Waals surface area contributed by atoms with Gasteiger partial charge in [0, 0.05) is 24.8 Å². The molecule has 0 radical (unpaired) electrons. The van der Waals surface area contributed by atoms with Gasteiger partial charge in [-0.25, -0.2) is 4.98 Å². The Morgan fingerprint density at radius 1 is 1.35 bits per heavy atom. The van der Waals surface area contributed by atoms with Crippen LogP contribution < -0.4 is 10.6 Å². The first-order valence-electron chi connectivity index (χ1n) is 6.73. The molecule has 92 valence electrons. The van der Waals surface area contributed by atoms with Crippen molar-refractivity contribution in [2.75, 3.05) is 18.0 Å². The van der Waals surface area contributed by atoms with Gasteiger partial charge in [-0.05, 0) is 43.2 Å². The largest absolute Gasteiger partial charge is 0.356 e. The first-order chi connectivity index (χ1) is 8.24. The van der Waals surface area contributed by atoms with E-state index in [1.807, 2.05) is 0 Å². The molecule has 3 rings (SSSR count). The van der Waals surface area contributed by atoms with Crippen LogP contribution in [0.1, 0.15) is 31.0 Å². The lowest BCUT2D eigenvalue weighted by atomic mass is 9.95. The topological polar surface area (TPSA) is 42.2 Å². The van der Waals surface area contributed by atoms with Crippen molar-refractivity contribution in [3.63, 3.8) is 0 Å². The Balaban J connectivity index is 1.80. The van der Waals surface area contributed by atoms with Crippen molar-refractivity contribution in [1.29, 1.82) is 0 Å². The Kier molecular flexibility index (Phi) is 2.79. The highest BCUT2D eigenvalue weighted by molar-refractivity contribution is 5.43. The van der Waals surface area contributed by atoms with Crippen molar-refractivity contribution < 1.29 is 0 Å². The number of rotatable bonds is 1. The first kappa shape index (κ1) is 11.0. The molecule has 1 saturated heterocycles. The van der Waals surface area contributed by atoms with Gasteiger partial charge >= 0.3 is 0 Å². The van der Waals surface area contributed by atoms with Crippen LogP contribution in [0.4, 0.5) is 5.82 Å². The monoisotopic (exact) mass is 231 g/mol. The van der Waals surface area contributed by atoms with Crippen LogP contribution >= 0.6 is 0 Å². The van der Waals surface area contributed by atoms with E-state index in [2.05, 4.69) is 24.0 Å². The zero-order valence-corrected chi connectivity index (χ0v) is 10.5. The number of anilines is 1. The Labute approximate surface area is 103 Å². The molecule has 2 unspecified atom stereocenters. The molecule has 2 atom stereocenters. The lowest BCUT2D eigenvalue weighted by molar-refractivity contribution is 0.381. The highest BCUT2D eigenvalue weighted by Crippen LogP contribution is 2.26. The molecule has 1 aromatic heterocycles. The number of fused-ring (bicyclic) bond motifs is 1. The van der Waals surface area contributed by atoms with E-state index in [0.29, 0.717) is 12.0 Å². The predicted octanol–water partition coefficient (Wildman–Crippen LogP) is 1.74. The van der Waals surface area contributed by atoms with Gasteiger partial charge in [-0.1, -0.05) is 13.0 Å². The minimum Gasteiger partial charge on any atom is -0.356 e. The maximum atomic E-state index is 6.06. The molecule has 0 spiro atoms. The zero-order valence-electron chi connectivity index (χ0n) is 10.5. The van der Waals surface area contributed by atoms with Gasteiger partial charge in [-0.2, -0.15) is 0 Å². The summed E-state index contributed by atoms with van der Waals surface area (Å²) in [5.41, 5.74) is 8.84. The van der Waals surface area contributed by atoms with E-state index in [4.69, 9.17) is 10.7 Å². The van der Waals surface area contributed by atoms with Gasteiger partial charge in [0.15, 0.2) is 0 Å². The Bertz CT molecular complexity index is 416. The third kappa shape index (κ3) is 2.04. The van der Waals surface area contributed by atoms with E-state index in [1.54, 1.807) is 0 Å². The number of aryl methyl sites for hydroxylation is 2. The van der Waals surface area contributed by atoms with E-state index in [1.165, 1.54) is 24.1 Å². The van der Waals surface area contributed by atoms with Crippen LogP contribution in [0.5, 0.6) is 0 Å². The van der Waals surface area contributed by atoms with Crippen molar-refractivity contribution in [2.45, 2.75) is 38.6 Å². The fourth-order valence-electron chi connectivity index (χ4n) is 2.96. The fourth-order valence-corrected chi connectivity index (χ4v) is 2.96. The third-order valence-electron chi connectivity index (χ3n) is 4.21. The molecule has 1 aromatic rings. The van der Waals surface area contributed by atoms with Crippen molar-refractivity contribution in [2.24, 2.45) is 11.7 Å². The molecule has 0 aromatic carbocycles. The van der Waals surface area contributed by atoms with Crippen molar-refractivity contribution >= 4 is 5.82 Å². The van der Waals surface area contributed by atoms with Gasteiger partial charge in [-0.3, -0.25) is 0 Å². The highest BCUT2D eigenvalue weighted by atomic mass is 15.2. The maximum absolute atomic E-state index is 6.06. The van der Waals surface area contributed by atoms with Crippen LogP contribution in [0.3, 0.4) is 0 Å². The van der Waals surface area contributed by atoms with Crippen molar-refractivity contribution in [1.82, 2.24) is 4.98 Å². The second-order valence-electron chi connectivity index (χ2n) is 5.50. The number of pyridine rings is 1. The summed E-state index contributed by atoms with van der Waals surface area (Å²) in [6.07, 6.45) is 4.73. The summed E-state index contributed by atoms with van der Waals surface area (Å²) in [6.45, 7) is 4.34. The summed E-state index contributed by atoms with van der Waals surface area (Å²) in [7, 11) is 0. The number of piperidine rings is 1. The van der Waals surface area contributed by atoms with E-state index in [9.17, 15) is 0 Å². The molecule has 0 amide bonds. The summed E-state index contributed by atoms with van der Waals surface area (Å²) in [4.78, 5) is 7.22. The fraction of sp³-hybridized carbons (Fsp3) is 0.643. The number of hydrogen-bond donors (Lipinski definition) is 1. The quantitative estimate of drug-likeness (QED) is 0.800. The lowest BCUT2D eigenvalue weighted by Crippen LogP contribution is -2.46. The number of aromatic nitrogens is 1. The Hall–Kier alpha value is -1.09. The molecule has 17 heavy (non-hydrogen) atoms. The van der Waals surface area contributed by atoms with Crippen LogP contribution in [0.2, 0.25) is 0 Å². The molecule has 2 heterocycles. The molecule has 2 N–H and O–H groups in total. The smallest absolute Gasteiger partial charge is 0.128 e. The summed E-state index contributed by atoms with van der Waals surface area (Å²) in [6, 6.07) is 4.82. The molecular weight excluding hydrogens is 210 g/mol. The zero-order chi connectivity index (χ0) is 11.8. The van der Waals surface area contributed by atoms with Gasteiger partial charge in [0.1, 0.15) is 5.82 Å². The average Bonchev–Trinajstić information content (AvgIpc) is 2.79. The normalized spacial score (nSPS) is 28.2. The second kappa shape index (κ2) is 4.30. The Morgan fingerprint density at radius 2 is 2.24 bits per heavy atom. The molecule has 3 heteroatoms. The van der Waals surface area contributed by atoms with E-state index in [-0.39, 0.29) is 0 Å². The van der Waals surface area contributed by atoms with Crippen LogP contribution in [-0.4, -0.2) is 24.1 Å². The molecule has 1 aliphatic carbocycles. The number of nitrogens with two attached hydrogens (primary N) is 1. The van der Waals surface area contributed by atoms with Crippen LogP contribution in [0.25, 0.3) is 0 Å². The summed E-state index contributed by atoms with van der Waals surface area (Å²) in [5.74, 6) is 1.73. The van der Waals surface area contributed by atoms with Crippen molar-refractivity contribution in [3.8, 4) is 0 Å². The molecule has 3 nitrogen and oxygen atoms in total. The standard InChI is InChI=1S/C14H21N3/c1-10-9-17(8-7-12(10)15)14-6-5-11-3-2-4-13(11)16-14/h5-6,10,12H,2-4,7-9,15H2,1H3. The second-order valence-corrected chi connectivity index (χ2v) is 5.50. The molecule has 0 bridgehead atoms. The molecule has 1 aliphatic heterocycles. The molecular formula is C14H21N3. The van der Waals surface area contributed by atoms with Gasteiger partial charge in [0.25, 0.3) is 0 Å². The third-order valence-corrected chi connectivity index (χ3v) is 4.21. The predicted molar refractivity (Wildman–Crippen MR) is 70.2 cm³/mol. The average molecular weight is 231 g/mol. The van der Waals surface area contributed by atoms with Gasteiger partial charge in [0.2, 0.25) is 0 Å². The SMILES string of the molecule is CC1CN(c2ccc3c(n2)CCC3)CCC1N. The molecule has 1 fully saturated rings. The number of nitrogens with zero attached hydrogens (tertiary/aromatic N) is 2. The van der Waals surface area contributed by atoms with E-state index >= 15 is 0 Å². The Morgan fingerprint density at radius 3 is 3.06 bits per heavy atom. The van der Waals surface area contributed by atoms with Gasteiger partial charge in [0.05, 0.1) is 0 Å². The van der Waals surface area contributed by atoms with Crippen molar-refractivity contribution in [3.05, 3.63) is 23.4 Å². The lowest BCUT2D eigenvalue weighted by Gasteiger charge is -2.36. The van der Waals surface area contributed by atoms with Crippen LogP contribution in [0, 0.1) is 5.92 Å². The summed E-state index contributed by atoms with van der Waals surface area (Å²) < 4.78 is 0. The molecule has 0 saturated carbocycles. The van der Waals surface area contributed by atoms with Gasteiger partial charge < -0.3 is 10.6 Å². The van der Waals surface area contributed by atoms with Crippen LogP contribution in [-0.2, 0) is 12.8 Å². The van der Waals surface area contributed by atoms with Gasteiger partial charge in [-0.15, -0.1) is 0 Å². The number of hydrogen-bond acceptors (Lipinski definition) is 3. The van der Waals surface area contributed by atoms with E-state index in [0.717, 1.165) is 31.7 Å². The minimum absolute atomic E-state index is 0.362. The van der Waals surface area contributed by atoms with Crippen LogP contribution in [0.15, 0.2) is 12.1 Å². The van der Waals surface area contributed by atoms with E-state index < -0.39 is 0 Å². The summed E-state index contributed by atoms with van der Waals surface area (Å²) >= 11 is 0. The molecule has 2 aliphatic rings. The summed E-state index contributed by atoms with van der Waals surface area (Å²) in [5, 5.41) is 0.